The number of ketones is 1. The standard InChI is InChI=1S/C28H35ClN4O3/c1-17(2)12-24-25(34)14-18(16-30)13-19-15-20(31-26(19)35)8-4-7-11-23-28(33(24)3)36-27(32-23)21-9-5-6-10-22(21)29/h5-6,9-10,17-20,24H,4,7-8,11-15H2,1-3H3,(H,31,35)/t18-,19-,20-,24+/m1/s1. The number of Topliss-reactive ketones (excluding diaryl/α,β-unsaturated/α-hetero) is 1. The van der Waals surface area contributed by atoms with Gasteiger partial charge in [0.25, 0.3) is 0 Å². The van der Waals surface area contributed by atoms with Gasteiger partial charge in [-0.1, -0.05) is 44.0 Å². The average molecular weight is 511 g/mol. The second-order valence-electron chi connectivity index (χ2n) is 10.6. The molecule has 0 radical (unpaired) electrons. The van der Waals surface area contributed by atoms with E-state index in [1.54, 1.807) is 6.07 Å². The van der Waals surface area contributed by atoms with Gasteiger partial charge < -0.3 is 14.6 Å². The quantitative estimate of drug-likeness (QED) is 0.579. The highest BCUT2D eigenvalue weighted by molar-refractivity contribution is 6.33. The number of hydrogen-bond donors (Lipinski definition) is 1. The Morgan fingerprint density at radius 1 is 1.25 bits per heavy atom. The van der Waals surface area contributed by atoms with E-state index in [0.29, 0.717) is 41.6 Å². The van der Waals surface area contributed by atoms with Gasteiger partial charge in [0.15, 0.2) is 5.78 Å². The van der Waals surface area contributed by atoms with Gasteiger partial charge in [-0.2, -0.15) is 5.26 Å². The Morgan fingerprint density at radius 2 is 2.03 bits per heavy atom. The molecular formula is C28H35ClN4O3. The van der Waals surface area contributed by atoms with Crippen LogP contribution in [0.3, 0.4) is 0 Å². The molecule has 2 aliphatic rings. The SMILES string of the molecule is CC(C)C[C@H]1C(=O)C[C@H](C#N)C[C@@H]2C[C@@H](CCCCc3nc(-c4ccccc4Cl)oc3N1C)NC2=O. The number of fused-ring (bicyclic) bond motifs is 3. The molecule has 0 unspecified atom stereocenters. The normalized spacial score (nSPS) is 25.6. The van der Waals surface area contributed by atoms with Gasteiger partial charge in [0, 0.05) is 25.4 Å². The Balaban J connectivity index is 1.71. The summed E-state index contributed by atoms with van der Waals surface area (Å²) < 4.78 is 6.30. The zero-order chi connectivity index (χ0) is 25.8. The first-order valence-corrected chi connectivity index (χ1v) is 13.3. The van der Waals surface area contributed by atoms with Crippen LogP contribution in [-0.4, -0.2) is 35.8 Å². The maximum absolute atomic E-state index is 13.6. The van der Waals surface area contributed by atoms with Crippen molar-refractivity contribution in [1.29, 1.82) is 5.26 Å². The van der Waals surface area contributed by atoms with E-state index >= 15 is 0 Å². The predicted octanol–water partition coefficient (Wildman–Crippen LogP) is 5.57. The molecule has 1 aromatic carbocycles. The van der Waals surface area contributed by atoms with Crippen molar-refractivity contribution in [3.05, 3.63) is 35.0 Å². The van der Waals surface area contributed by atoms with Crippen LogP contribution in [0.5, 0.6) is 0 Å². The van der Waals surface area contributed by atoms with Gasteiger partial charge in [-0.25, -0.2) is 4.98 Å². The third kappa shape index (κ3) is 5.92. The summed E-state index contributed by atoms with van der Waals surface area (Å²) in [6.45, 7) is 4.16. The highest BCUT2D eigenvalue weighted by Crippen LogP contribution is 2.35. The van der Waals surface area contributed by atoms with Crippen molar-refractivity contribution in [2.45, 2.75) is 77.3 Å². The molecule has 0 spiro atoms. The van der Waals surface area contributed by atoms with Crippen LogP contribution >= 0.6 is 11.6 Å². The summed E-state index contributed by atoms with van der Waals surface area (Å²) in [4.78, 5) is 32.9. The van der Waals surface area contributed by atoms with Crippen molar-refractivity contribution in [3.8, 4) is 17.5 Å². The van der Waals surface area contributed by atoms with E-state index in [0.717, 1.165) is 31.4 Å². The third-order valence-corrected chi connectivity index (χ3v) is 7.67. The first-order valence-electron chi connectivity index (χ1n) is 13.0. The molecule has 0 saturated carbocycles. The summed E-state index contributed by atoms with van der Waals surface area (Å²) in [6, 6.07) is 9.40. The number of carbonyl (C=O) groups is 2. The lowest BCUT2D eigenvalue weighted by atomic mass is 9.86. The number of halogens is 1. The molecule has 8 heteroatoms. The lowest BCUT2D eigenvalue weighted by Gasteiger charge is -2.29. The van der Waals surface area contributed by atoms with E-state index in [9.17, 15) is 14.9 Å². The van der Waals surface area contributed by atoms with Crippen LogP contribution < -0.4 is 10.2 Å². The van der Waals surface area contributed by atoms with Gasteiger partial charge in [-0.15, -0.1) is 0 Å². The molecule has 7 nitrogen and oxygen atoms in total. The second kappa shape index (κ2) is 11.5. The number of rotatable bonds is 3. The average Bonchev–Trinajstić information content (AvgIpc) is 3.42. The van der Waals surface area contributed by atoms with Crippen LogP contribution in [0.25, 0.3) is 11.5 Å². The molecule has 2 aliphatic heterocycles. The number of carbonyl (C=O) groups excluding carboxylic acids is 2. The number of aromatic nitrogens is 1. The minimum absolute atomic E-state index is 0.00998. The minimum atomic E-state index is -0.493. The summed E-state index contributed by atoms with van der Waals surface area (Å²) in [7, 11) is 1.88. The highest BCUT2D eigenvalue weighted by atomic mass is 35.5. The molecule has 3 heterocycles. The number of anilines is 1. The lowest BCUT2D eigenvalue weighted by molar-refractivity contribution is -0.124. The number of benzene rings is 1. The molecular weight excluding hydrogens is 476 g/mol. The van der Waals surface area contributed by atoms with Crippen molar-refractivity contribution < 1.29 is 14.0 Å². The zero-order valence-electron chi connectivity index (χ0n) is 21.3. The smallest absolute Gasteiger partial charge is 0.230 e. The monoisotopic (exact) mass is 510 g/mol. The fourth-order valence-electron chi connectivity index (χ4n) is 5.43. The van der Waals surface area contributed by atoms with Crippen LogP contribution in [0, 0.1) is 29.1 Å². The number of nitriles is 1. The summed E-state index contributed by atoms with van der Waals surface area (Å²) >= 11 is 6.44. The van der Waals surface area contributed by atoms with E-state index in [2.05, 4.69) is 25.2 Å². The van der Waals surface area contributed by atoms with Gasteiger partial charge >= 0.3 is 0 Å². The molecule has 2 bridgehead atoms. The van der Waals surface area contributed by atoms with Crippen LogP contribution in [0.4, 0.5) is 5.88 Å². The fraction of sp³-hybridized carbons (Fsp3) is 0.571. The molecule has 0 aliphatic carbocycles. The van der Waals surface area contributed by atoms with Gasteiger partial charge in [-0.05, 0) is 56.6 Å². The number of nitrogens with one attached hydrogen (secondary N) is 1. The predicted molar refractivity (Wildman–Crippen MR) is 140 cm³/mol. The number of amides is 1. The topological polar surface area (TPSA) is 99.2 Å². The molecule has 2 aromatic rings. The molecule has 1 aromatic heterocycles. The first-order chi connectivity index (χ1) is 17.3. The number of likely N-dealkylation sites (N-methyl/N-ethyl adjacent to an activating group) is 1. The van der Waals surface area contributed by atoms with E-state index in [4.69, 9.17) is 21.0 Å². The van der Waals surface area contributed by atoms with E-state index in [-0.39, 0.29) is 36.0 Å². The Labute approximate surface area is 218 Å². The second-order valence-corrected chi connectivity index (χ2v) is 11.0. The summed E-state index contributed by atoms with van der Waals surface area (Å²) in [5.41, 5.74) is 1.51. The Kier molecular flexibility index (Phi) is 8.35. The number of oxazole rings is 1. The molecule has 4 atom stereocenters. The fourth-order valence-corrected chi connectivity index (χ4v) is 5.65. The Hall–Kier alpha value is -2.85. The van der Waals surface area contributed by atoms with Crippen molar-refractivity contribution in [1.82, 2.24) is 10.3 Å². The Bertz CT molecular complexity index is 1140. The van der Waals surface area contributed by atoms with Gasteiger partial charge in [0.2, 0.25) is 17.7 Å². The molecule has 36 heavy (non-hydrogen) atoms. The lowest BCUT2D eigenvalue weighted by Crippen LogP contribution is -2.41. The zero-order valence-corrected chi connectivity index (χ0v) is 22.1. The van der Waals surface area contributed by atoms with Crippen LogP contribution in [0.2, 0.25) is 5.02 Å². The van der Waals surface area contributed by atoms with Crippen molar-refractivity contribution >= 4 is 29.2 Å². The summed E-state index contributed by atoms with van der Waals surface area (Å²) in [5, 5.41) is 13.5. The molecule has 192 valence electrons. The first kappa shape index (κ1) is 26.2. The van der Waals surface area contributed by atoms with E-state index in [1.807, 2.05) is 30.1 Å². The van der Waals surface area contributed by atoms with Gasteiger partial charge in [-0.3, -0.25) is 9.59 Å². The van der Waals surface area contributed by atoms with Crippen molar-refractivity contribution in [3.63, 3.8) is 0 Å². The van der Waals surface area contributed by atoms with Crippen LogP contribution in [-0.2, 0) is 16.0 Å². The highest BCUT2D eigenvalue weighted by Gasteiger charge is 2.36. The molecule has 1 fully saturated rings. The Morgan fingerprint density at radius 3 is 2.75 bits per heavy atom. The van der Waals surface area contributed by atoms with Gasteiger partial charge in [0.1, 0.15) is 5.69 Å². The van der Waals surface area contributed by atoms with Crippen LogP contribution in [0.1, 0.15) is 64.5 Å². The number of aryl methyl sites for hydroxylation is 1. The molecule has 1 N–H and O–H groups in total. The summed E-state index contributed by atoms with van der Waals surface area (Å²) in [5.74, 6) is 0.598. The van der Waals surface area contributed by atoms with E-state index in [1.165, 1.54) is 0 Å². The maximum atomic E-state index is 13.6. The van der Waals surface area contributed by atoms with Crippen molar-refractivity contribution in [2.75, 3.05) is 11.9 Å². The number of hydrogen-bond acceptors (Lipinski definition) is 6. The van der Waals surface area contributed by atoms with Crippen molar-refractivity contribution in [2.24, 2.45) is 17.8 Å². The maximum Gasteiger partial charge on any atom is 0.230 e. The van der Waals surface area contributed by atoms with Gasteiger partial charge in [0.05, 0.1) is 28.6 Å². The molecule has 4 rings (SSSR count). The largest absolute Gasteiger partial charge is 0.420 e. The minimum Gasteiger partial charge on any atom is -0.420 e. The summed E-state index contributed by atoms with van der Waals surface area (Å²) in [6.07, 6.45) is 5.30. The molecule has 1 saturated heterocycles. The third-order valence-electron chi connectivity index (χ3n) is 7.34. The molecule has 1 amide bonds. The van der Waals surface area contributed by atoms with E-state index < -0.39 is 12.0 Å². The number of nitrogens with zero attached hydrogens (tertiary/aromatic N) is 3. The van der Waals surface area contributed by atoms with Crippen LogP contribution in [0.15, 0.2) is 28.7 Å².